The molecule has 386 valence electrons. The van der Waals surface area contributed by atoms with E-state index in [0.717, 1.165) is 44.9 Å². The van der Waals surface area contributed by atoms with Gasteiger partial charge in [-0.2, -0.15) is 0 Å². The molecule has 4 amide bonds. The largest absolute Gasteiger partial charge is 0.464 e. The highest BCUT2D eigenvalue weighted by molar-refractivity contribution is 7.11. The molecule has 10 rings (SSSR count). The molecule has 0 bridgehead atoms. The van der Waals surface area contributed by atoms with Gasteiger partial charge in [0.05, 0.1) is 89.0 Å². The Hall–Kier alpha value is -6.80. The smallest absolute Gasteiger partial charge is 0.407 e. The Bertz CT molecular complexity index is 3040. The molecule has 8 heterocycles. The Morgan fingerprint density at radius 1 is 0.795 bits per heavy atom. The van der Waals surface area contributed by atoms with Gasteiger partial charge in [0.25, 0.3) is 0 Å². The van der Waals surface area contributed by atoms with Crippen LogP contribution in [0.15, 0.2) is 55.0 Å². The van der Waals surface area contributed by atoms with Crippen LogP contribution in [0.1, 0.15) is 126 Å². The van der Waals surface area contributed by atoms with Crippen LogP contribution in [0, 0.1) is 17.7 Å². The molecule has 73 heavy (non-hydrogen) atoms. The van der Waals surface area contributed by atoms with E-state index in [1.807, 2.05) is 73.7 Å². The Kier molecular flexibility index (Phi) is 13.8. The number of hydrogen-bond acceptors (Lipinski definition) is 12. The summed E-state index contributed by atoms with van der Waals surface area (Å²) in [5.41, 5.74) is 4.48. The van der Waals surface area contributed by atoms with E-state index in [4.69, 9.17) is 33.9 Å². The monoisotopic (exact) mass is 1020 g/mol. The lowest BCUT2D eigenvalue weighted by atomic mass is 9.85. The van der Waals surface area contributed by atoms with Crippen molar-refractivity contribution in [3.05, 3.63) is 82.3 Å². The minimum Gasteiger partial charge on any atom is -0.464 e. The summed E-state index contributed by atoms with van der Waals surface area (Å²) in [5.74, 6) is 0.589. The molecule has 4 N–H and O–H groups in total. The molecule has 0 radical (unpaired) electrons. The van der Waals surface area contributed by atoms with Crippen molar-refractivity contribution in [3.63, 3.8) is 0 Å². The number of aromatic amines is 2. The van der Waals surface area contributed by atoms with E-state index in [9.17, 15) is 19.2 Å². The van der Waals surface area contributed by atoms with Gasteiger partial charge in [0.2, 0.25) is 18.0 Å². The zero-order chi connectivity index (χ0) is 51.4. The topological polar surface area (TPSA) is 211 Å². The molecule has 4 aromatic heterocycles. The number of alkyl carbamates (subject to hydrolysis) is 2. The summed E-state index contributed by atoms with van der Waals surface area (Å²) in [6.07, 6.45) is 7.34. The van der Waals surface area contributed by atoms with Crippen molar-refractivity contribution in [1.29, 1.82) is 0 Å². The standard InChI is InChI=1S/C53H63FN10O8S/c1-26(2)44(60-52(67)69-7)49(65)62-15-9-11-38(62)47-56-24-36(59-47)31-20-34(54)43-40-21-32-19-30(13-14-37(32)64(40)51(72-41(43)22-31)42-25-57-48(73-42)27(3)4)35-23-55-46(58-35)39-12-10-16-63(39)50(66)45(61-53(68)70-8)33-17-28(5)71-29(6)18-33/h13-14,19-29,33,38-39,44-45,51H,9-12,15-18H2,1-8H3,(H,55,58)(H,56,59)(H,60,67)(H,61,68)/t28-,29+,33?,38-,39-,44-,45?,51?/m0/s1. The van der Waals surface area contributed by atoms with Crippen molar-refractivity contribution in [2.45, 2.75) is 129 Å². The minimum absolute atomic E-state index is 0.0543. The lowest BCUT2D eigenvalue weighted by Gasteiger charge is -2.38. The minimum atomic E-state index is -0.779. The number of likely N-dealkylation sites (tertiary alicyclic amines) is 2. The maximum absolute atomic E-state index is 17.0. The summed E-state index contributed by atoms with van der Waals surface area (Å²) in [5, 5.41) is 7.35. The van der Waals surface area contributed by atoms with Gasteiger partial charge < -0.3 is 49.3 Å². The molecule has 3 unspecified atom stereocenters. The number of hydrogen-bond donors (Lipinski definition) is 4. The normalized spacial score (nSPS) is 22.5. The molecule has 3 saturated heterocycles. The number of amides is 4. The van der Waals surface area contributed by atoms with E-state index >= 15 is 4.39 Å². The number of aromatic nitrogens is 6. The van der Waals surface area contributed by atoms with Crippen LogP contribution in [0.25, 0.3) is 44.7 Å². The molecule has 6 aromatic rings. The number of imidazole rings is 2. The number of H-pyrrole nitrogens is 2. The van der Waals surface area contributed by atoms with Crippen LogP contribution in [-0.4, -0.2) is 115 Å². The third-order valence-electron chi connectivity index (χ3n) is 14.7. The van der Waals surface area contributed by atoms with Gasteiger partial charge in [-0.15, -0.1) is 11.3 Å². The highest BCUT2D eigenvalue weighted by atomic mass is 32.1. The summed E-state index contributed by atoms with van der Waals surface area (Å²) in [6.45, 7) is 12.9. The molecule has 0 saturated carbocycles. The number of benzene rings is 2. The van der Waals surface area contributed by atoms with Crippen LogP contribution >= 0.6 is 11.3 Å². The van der Waals surface area contributed by atoms with Gasteiger partial charge in [-0.05, 0) is 94.5 Å². The highest BCUT2D eigenvalue weighted by Gasteiger charge is 2.43. The van der Waals surface area contributed by atoms with E-state index in [2.05, 4.69) is 34.4 Å². The van der Waals surface area contributed by atoms with Crippen molar-refractivity contribution in [1.82, 2.24) is 49.9 Å². The zero-order valence-corrected chi connectivity index (χ0v) is 43.2. The Balaban J connectivity index is 0.953. The highest BCUT2D eigenvalue weighted by Crippen LogP contribution is 2.48. The third-order valence-corrected chi connectivity index (χ3v) is 16.1. The molecular formula is C53H63FN10O8S. The summed E-state index contributed by atoms with van der Waals surface area (Å²) in [4.78, 5) is 78.6. The first-order valence-corrected chi connectivity index (χ1v) is 26.1. The maximum atomic E-state index is 17.0. The van der Waals surface area contributed by atoms with Gasteiger partial charge in [0, 0.05) is 41.7 Å². The van der Waals surface area contributed by atoms with Crippen LogP contribution in [-0.2, 0) is 23.8 Å². The van der Waals surface area contributed by atoms with Crippen molar-refractivity contribution in [2.24, 2.45) is 11.8 Å². The number of nitrogens with zero attached hydrogens (tertiary/aromatic N) is 6. The molecule has 20 heteroatoms. The fourth-order valence-corrected chi connectivity index (χ4v) is 12.2. The second-order valence-corrected chi connectivity index (χ2v) is 21.5. The zero-order valence-electron chi connectivity index (χ0n) is 42.4. The van der Waals surface area contributed by atoms with Crippen LogP contribution in [0.5, 0.6) is 5.75 Å². The van der Waals surface area contributed by atoms with Crippen LogP contribution in [0.4, 0.5) is 14.0 Å². The molecule has 18 nitrogen and oxygen atoms in total. The Morgan fingerprint density at radius 2 is 1.42 bits per heavy atom. The van der Waals surface area contributed by atoms with E-state index in [1.54, 1.807) is 28.6 Å². The lowest BCUT2D eigenvalue weighted by Crippen LogP contribution is -2.54. The molecule has 8 atom stereocenters. The number of carbonyl (C=O) groups excluding carboxylic acids is 4. The molecular weight excluding hydrogens is 956 g/mol. The van der Waals surface area contributed by atoms with Gasteiger partial charge in [-0.25, -0.2) is 28.9 Å². The van der Waals surface area contributed by atoms with Gasteiger partial charge >= 0.3 is 12.2 Å². The first kappa shape index (κ1) is 49.8. The Labute approximate surface area is 426 Å². The second kappa shape index (κ2) is 20.2. The Morgan fingerprint density at radius 3 is 2.04 bits per heavy atom. The van der Waals surface area contributed by atoms with Gasteiger partial charge in [-0.3, -0.25) is 14.2 Å². The average molecular weight is 1020 g/mol. The van der Waals surface area contributed by atoms with E-state index < -0.39 is 36.3 Å². The lowest BCUT2D eigenvalue weighted by molar-refractivity contribution is -0.138. The van der Waals surface area contributed by atoms with Crippen LogP contribution in [0.3, 0.4) is 0 Å². The van der Waals surface area contributed by atoms with Gasteiger partial charge in [-0.1, -0.05) is 33.8 Å². The summed E-state index contributed by atoms with van der Waals surface area (Å²) < 4.78 is 41.6. The predicted molar refractivity (Wildman–Crippen MR) is 271 cm³/mol. The number of fused-ring (bicyclic) bond motifs is 5. The summed E-state index contributed by atoms with van der Waals surface area (Å²) in [7, 11) is 2.57. The quantitative estimate of drug-likeness (QED) is 0.0907. The van der Waals surface area contributed by atoms with Crippen LogP contribution in [0.2, 0.25) is 0 Å². The first-order chi connectivity index (χ1) is 35.1. The van der Waals surface area contributed by atoms with Crippen LogP contribution < -0.4 is 15.4 Å². The number of halogens is 1. The molecule has 0 aliphatic carbocycles. The van der Waals surface area contributed by atoms with Crippen molar-refractivity contribution in [3.8, 4) is 39.5 Å². The number of rotatable bonds is 12. The third kappa shape index (κ3) is 9.54. The fraction of sp³-hybridized carbons (Fsp3) is 0.491. The molecule has 3 fully saturated rings. The number of thiazole rings is 1. The van der Waals surface area contributed by atoms with Gasteiger partial charge in [0.1, 0.15) is 35.3 Å². The molecule has 4 aliphatic rings. The van der Waals surface area contributed by atoms with Crippen molar-refractivity contribution >= 4 is 46.2 Å². The summed E-state index contributed by atoms with van der Waals surface area (Å²) in [6, 6.07) is 9.10. The van der Waals surface area contributed by atoms with Gasteiger partial charge in [0.15, 0.2) is 0 Å². The average Bonchev–Trinajstić information content (AvgIpc) is 4.23. The number of nitrogens with one attached hydrogen (secondary N) is 4. The van der Waals surface area contributed by atoms with E-state index in [-0.39, 0.29) is 53.9 Å². The van der Waals surface area contributed by atoms with E-state index in [1.165, 1.54) is 20.3 Å². The second-order valence-electron chi connectivity index (χ2n) is 20.4. The number of methoxy groups -OCH3 is 2. The molecule has 2 aromatic carbocycles. The maximum Gasteiger partial charge on any atom is 0.407 e. The van der Waals surface area contributed by atoms with Crippen molar-refractivity contribution < 1.29 is 42.5 Å². The van der Waals surface area contributed by atoms with E-state index in [0.29, 0.717) is 78.7 Å². The predicted octanol–water partition coefficient (Wildman–Crippen LogP) is 9.38. The molecule has 4 aliphatic heterocycles. The molecule has 0 spiro atoms. The number of carbonyl (C=O) groups is 4. The fourth-order valence-electron chi connectivity index (χ4n) is 11.3. The van der Waals surface area contributed by atoms with Crippen molar-refractivity contribution in [2.75, 3.05) is 27.3 Å². The number of ether oxygens (including phenoxy) is 4. The first-order valence-electron chi connectivity index (χ1n) is 25.3. The SMILES string of the molecule is COC(=O)NC(C(=O)N1CCC[C@H]1c1ncc(-c2ccc3c(c2)cc2n3C(c3cnc(C(C)C)s3)Oc3cc(-c4cnc([C@@H]5CCCN5C(=O)[C@@H](NC(=O)OC)C(C)C)[nH]4)cc(F)c3-2)[nH]1)C1C[C@@H](C)O[C@@H](C)C1. The summed E-state index contributed by atoms with van der Waals surface area (Å²) >= 11 is 1.56.